The standard InChI is InChI=1S/C16H13ClF2N4O/c17-11-3-1-10(2-4-11)16(24)15(22-23-9-20-8-21-23)13-6-5-12(18)7-14(13)19/h1-9,15-16,22,24H. The van der Waals surface area contributed by atoms with Crippen molar-refractivity contribution in [1.82, 2.24) is 14.9 Å². The van der Waals surface area contributed by atoms with Gasteiger partial charge in [-0.15, -0.1) is 5.10 Å². The number of nitrogens with one attached hydrogen (secondary N) is 1. The Bertz CT molecular complexity index is 811. The van der Waals surface area contributed by atoms with E-state index in [0.29, 0.717) is 10.6 Å². The Morgan fingerprint density at radius 3 is 2.50 bits per heavy atom. The molecular formula is C16H13ClF2N4O. The number of aromatic nitrogens is 3. The van der Waals surface area contributed by atoms with Crippen LogP contribution in [0.4, 0.5) is 8.78 Å². The van der Waals surface area contributed by atoms with Crippen LogP contribution in [0.5, 0.6) is 0 Å². The quantitative estimate of drug-likeness (QED) is 0.741. The van der Waals surface area contributed by atoms with Crippen molar-refractivity contribution in [2.75, 3.05) is 5.43 Å². The second-order valence-corrected chi connectivity index (χ2v) is 5.55. The van der Waals surface area contributed by atoms with E-state index in [-0.39, 0.29) is 5.56 Å². The lowest BCUT2D eigenvalue weighted by Crippen LogP contribution is -2.27. The van der Waals surface area contributed by atoms with Crippen LogP contribution in [0.15, 0.2) is 55.1 Å². The molecule has 2 unspecified atom stereocenters. The lowest BCUT2D eigenvalue weighted by Gasteiger charge is -2.25. The molecule has 1 aromatic heterocycles. The first kappa shape index (κ1) is 16.4. The average Bonchev–Trinajstić information content (AvgIpc) is 3.06. The third-order valence-corrected chi connectivity index (χ3v) is 3.77. The van der Waals surface area contributed by atoms with Gasteiger partial charge in [0, 0.05) is 16.7 Å². The molecule has 0 aliphatic carbocycles. The highest BCUT2D eigenvalue weighted by atomic mass is 35.5. The lowest BCUT2D eigenvalue weighted by molar-refractivity contribution is 0.146. The molecule has 124 valence electrons. The van der Waals surface area contributed by atoms with Crippen LogP contribution in [-0.4, -0.2) is 20.0 Å². The maximum absolute atomic E-state index is 14.2. The second kappa shape index (κ2) is 6.94. The molecule has 0 aliphatic rings. The van der Waals surface area contributed by atoms with Crippen molar-refractivity contribution in [3.05, 3.63) is 82.9 Å². The summed E-state index contributed by atoms with van der Waals surface area (Å²) in [7, 11) is 0. The zero-order valence-corrected chi connectivity index (χ0v) is 13.0. The molecule has 0 saturated carbocycles. The maximum atomic E-state index is 14.2. The number of aliphatic hydroxyl groups is 1. The van der Waals surface area contributed by atoms with E-state index in [1.165, 1.54) is 23.5 Å². The fourth-order valence-corrected chi connectivity index (χ4v) is 2.46. The lowest BCUT2D eigenvalue weighted by atomic mass is 9.96. The molecule has 3 aromatic rings. The Balaban J connectivity index is 1.99. The zero-order valence-electron chi connectivity index (χ0n) is 12.3. The molecule has 0 fully saturated rings. The minimum atomic E-state index is -1.13. The summed E-state index contributed by atoms with van der Waals surface area (Å²) in [5.74, 6) is -1.47. The predicted octanol–water partition coefficient (Wildman–Crippen LogP) is 3.23. The summed E-state index contributed by atoms with van der Waals surface area (Å²) in [6.07, 6.45) is 1.52. The van der Waals surface area contributed by atoms with Crippen LogP contribution in [0.1, 0.15) is 23.3 Å². The van der Waals surface area contributed by atoms with E-state index >= 15 is 0 Å². The summed E-state index contributed by atoms with van der Waals surface area (Å²) in [5, 5.41) is 15.1. The molecule has 0 radical (unpaired) electrons. The van der Waals surface area contributed by atoms with Crippen molar-refractivity contribution in [2.45, 2.75) is 12.1 Å². The van der Waals surface area contributed by atoms with Gasteiger partial charge >= 0.3 is 0 Å². The van der Waals surface area contributed by atoms with Crippen molar-refractivity contribution in [2.24, 2.45) is 0 Å². The van der Waals surface area contributed by atoms with Gasteiger partial charge in [0.1, 0.15) is 36.4 Å². The van der Waals surface area contributed by atoms with Gasteiger partial charge < -0.3 is 5.11 Å². The molecule has 8 heteroatoms. The summed E-state index contributed by atoms with van der Waals surface area (Å²) in [6, 6.07) is 8.74. The Hall–Kier alpha value is -2.51. The number of rotatable bonds is 5. The van der Waals surface area contributed by atoms with Crippen LogP contribution in [0.3, 0.4) is 0 Å². The molecule has 5 nitrogen and oxygen atoms in total. The maximum Gasteiger partial charge on any atom is 0.139 e. The Labute approximate surface area is 141 Å². The number of benzene rings is 2. The van der Waals surface area contributed by atoms with Gasteiger partial charge in [-0.1, -0.05) is 29.8 Å². The molecule has 0 bridgehead atoms. The topological polar surface area (TPSA) is 63.0 Å². The van der Waals surface area contributed by atoms with E-state index in [2.05, 4.69) is 15.5 Å². The number of hydrogen-bond donors (Lipinski definition) is 2. The normalized spacial score (nSPS) is 13.5. The molecule has 0 amide bonds. The first-order valence-electron chi connectivity index (χ1n) is 7.04. The fourth-order valence-electron chi connectivity index (χ4n) is 2.33. The van der Waals surface area contributed by atoms with Crippen LogP contribution in [0.25, 0.3) is 0 Å². The Morgan fingerprint density at radius 2 is 1.88 bits per heavy atom. The van der Waals surface area contributed by atoms with E-state index in [0.717, 1.165) is 12.1 Å². The summed E-state index contributed by atoms with van der Waals surface area (Å²) < 4.78 is 27.4. The first-order valence-corrected chi connectivity index (χ1v) is 7.42. The molecule has 0 spiro atoms. The van der Waals surface area contributed by atoms with Crippen molar-refractivity contribution in [1.29, 1.82) is 0 Å². The van der Waals surface area contributed by atoms with Crippen LogP contribution in [-0.2, 0) is 0 Å². The molecule has 3 rings (SSSR count). The number of nitrogens with zero attached hydrogens (tertiary/aromatic N) is 3. The van der Waals surface area contributed by atoms with E-state index in [9.17, 15) is 13.9 Å². The van der Waals surface area contributed by atoms with Gasteiger partial charge in [0.2, 0.25) is 0 Å². The van der Waals surface area contributed by atoms with Gasteiger partial charge in [-0.25, -0.2) is 13.8 Å². The second-order valence-electron chi connectivity index (χ2n) is 5.11. The van der Waals surface area contributed by atoms with Gasteiger partial charge in [-0.2, -0.15) is 4.79 Å². The Morgan fingerprint density at radius 1 is 1.12 bits per heavy atom. The van der Waals surface area contributed by atoms with Crippen molar-refractivity contribution >= 4 is 11.6 Å². The smallest absolute Gasteiger partial charge is 0.139 e. The number of halogens is 3. The van der Waals surface area contributed by atoms with Crippen LogP contribution in [0, 0.1) is 11.6 Å². The van der Waals surface area contributed by atoms with Gasteiger partial charge in [0.25, 0.3) is 0 Å². The monoisotopic (exact) mass is 350 g/mol. The summed E-state index contributed by atoms with van der Waals surface area (Å²) in [6.45, 7) is 0. The summed E-state index contributed by atoms with van der Waals surface area (Å²) in [5.41, 5.74) is 3.45. The minimum Gasteiger partial charge on any atom is -0.386 e. The first-order chi connectivity index (χ1) is 11.5. The third-order valence-electron chi connectivity index (χ3n) is 3.51. The van der Waals surface area contributed by atoms with E-state index in [1.807, 2.05) is 0 Å². The van der Waals surface area contributed by atoms with E-state index in [4.69, 9.17) is 11.6 Å². The van der Waals surface area contributed by atoms with Crippen LogP contribution in [0.2, 0.25) is 5.02 Å². The average molecular weight is 351 g/mol. The van der Waals surface area contributed by atoms with Crippen molar-refractivity contribution < 1.29 is 13.9 Å². The SMILES string of the molecule is OC(c1ccc(Cl)cc1)C(Nn1cncn1)c1ccc(F)cc1F. The summed E-state index contributed by atoms with van der Waals surface area (Å²) in [4.78, 5) is 5.03. The summed E-state index contributed by atoms with van der Waals surface area (Å²) >= 11 is 5.85. The third kappa shape index (κ3) is 3.52. The molecule has 2 N–H and O–H groups in total. The molecule has 1 heterocycles. The van der Waals surface area contributed by atoms with E-state index in [1.54, 1.807) is 24.3 Å². The highest BCUT2D eigenvalue weighted by Crippen LogP contribution is 2.32. The predicted molar refractivity (Wildman–Crippen MR) is 84.9 cm³/mol. The van der Waals surface area contributed by atoms with E-state index < -0.39 is 23.8 Å². The molecule has 24 heavy (non-hydrogen) atoms. The van der Waals surface area contributed by atoms with Gasteiger partial charge in [0.15, 0.2) is 0 Å². The highest BCUT2D eigenvalue weighted by molar-refractivity contribution is 6.30. The van der Waals surface area contributed by atoms with Gasteiger partial charge in [0.05, 0.1) is 0 Å². The molecule has 2 atom stereocenters. The largest absolute Gasteiger partial charge is 0.386 e. The van der Waals surface area contributed by atoms with Gasteiger partial charge in [-0.05, 0) is 23.8 Å². The molecule has 2 aromatic carbocycles. The zero-order chi connectivity index (χ0) is 17.1. The van der Waals surface area contributed by atoms with Gasteiger partial charge in [-0.3, -0.25) is 5.43 Å². The van der Waals surface area contributed by atoms with Crippen molar-refractivity contribution in [3.8, 4) is 0 Å². The van der Waals surface area contributed by atoms with Crippen LogP contribution < -0.4 is 5.43 Å². The number of aliphatic hydroxyl groups excluding tert-OH is 1. The molecule has 0 aliphatic heterocycles. The molecule has 0 saturated heterocycles. The van der Waals surface area contributed by atoms with Crippen molar-refractivity contribution in [3.63, 3.8) is 0 Å². The molecular weight excluding hydrogens is 338 g/mol. The fraction of sp³-hybridized carbons (Fsp3) is 0.125. The minimum absolute atomic E-state index is 0.0920. The van der Waals surface area contributed by atoms with Crippen LogP contribution >= 0.6 is 11.6 Å². The highest BCUT2D eigenvalue weighted by Gasteiger charge is 2.26. The number of hydrogen-bond acceptors (Lipinski definition) is 4. The Kier molecular flexibility index (Phi) is 4.73.